The summed E-state index contributed by atoms with van der Waals surface area (Å²) >= 11 is 1.35. The third-order valence-electron chi connectivity index (χ3n) is 4.47. The van der Waals surface area contributed by atoms with E-state index in [0.717, 1.165) is 16.9 Å². The number of nitrogens with one attached hydrogen (secondary N) is 1. The minimum Gasteiger partial charge on any atom is -0.486 e. The van der Waals surface area contributed by atoms with E-state index in [-0.39, 0.29) is 17.7 Å². The van der Waals surface area contributed by atoms with Crippen molar-refractivity contribution < 1.29 is 9.53 Å². The highest BCUT2D eigenvalue weighted by Crippen LogP contribution is 2.20. The van der Waals surface area contributed by atoms with Gasteiger partial charge in [0.1, 0.15) is 12.4 Å². The number of carbonyl (C=O) groups excluding carboxylic acids is 1. The van der Waals surface area contributed by atoms with Crippen LogP contribution in [0, 0.1) is 6.92 Å². The normalized spacial score (nSPS) is 11.7. The van der Waals surface area contributed by atoms with Crippen LogP contribution in [0.5, 0.6) is 5.75 Å². The standard InChI is InChI=1S/C23H26N4O2S/c1-4-13-27-21(15-29-20-12-8-9-17(2)14-20)25-26-23(27)30-16-22(28)24-18(3)19-10-6-5-7-11-19/h4-12,14,18H,1,13,15-16H2,2-3H3,(H,24,28). The number of aryl methyl sites for hydroxylation is 1. The van der Waals surface area contributed by atoms with E-state index in [9.17, 15) is 4.79 Å². The number of carbonyl (C=O) groups is 1. The van der Waals surface area contributed by atoms with Gasteiger partial charge in [-0.05, 0) is 37.1 Å². The Morgan fingerprint density at radius 3 is 2.77 bits per heavy atom. The Kier molecular flexibility index (Phi) is 7.68. The lowest BCUT2D eigenvalue weighted by molar-refractivity contribution is -0.119. The summed E-state index contributed by atoms with van der Waals surface area (Å²) in [5.41, 5.74) is 2.20. The Morgan fingerprint density at radius 2 is 2.03 bits per heavy atom. The summed E-state index contributed by atoms with van der Waals surface area (Å²) in [6.07, 6.45) is 1.78. The minimum absolute atomic E-state index is 0.0522. The number of nitrogens with zero attached hydrogens (tertiary/aromatic N) is 3. The van der Waals surface area contributed by atoms with Crippen molar-refractivity contribution in [3.8, 4) is 5.75 Å². The van der Waals surface area contributed by atoms with Gasteiger partial charge in [-0.1, -0.05) is 60.3 Å². The predicted molar refractivity (Wildman–Crippen MR) is 119 cm³/mol. The summed E-state index contributed by atoms with van der Waals surface area (Å²) in [5, 5.41) is 12.2. The molecule has 3 rings (SSSR count). The Hall–Kier alpha value is -3.06. The molecular weight excluding hydrogens is 396 g/mol. The van der Waals surface area contributed by atoms with Crippen molar-refractivity contribution in [1.82, 2.24) is 20.1 Å². The lowest BCUT2D eigenvalue weighted by Gasteiger charge is -2.14. The van der Waals surface area contributed by atoms with Crippen molar-refractivity contribution in [2.45, 2.75) is 38.2 Å². The third kappa shape index (κ3) is 5.97. The molecule has 0 spiro atoms. The summed E-state index contributed by atoms with van der Waals surface area (Å²) in [4.78, 5) is 12.4. The fourth-order valence-corrected chi connectivity index (χ4v) is 3.71. The van der Waals surface area contributed by atoms with Gasteiger partial charge in [-0.2, -0.15) is 0 Å². The quantitative estimate of drug-likeness (QED) is 0.389. The maximum atomic E-state index is 12.4. The van der Waals surface area contributed by atoms with Gasteiger partial charge in [0, 0.05) is 6.54 Å². The molecule has 0 bridgehead atoms. The molecule has 30 heavy (non-hydrogen) atoms. The Balaban J connectivity index is 1.58. The van der Waals surface area contributed by atoms with Gasteiger partial charge in [0.15, 0.2) is 11.0 Å². The van der Waals surface area contributed by atoms with Crippen LogP contribution in [0.2, 0.25) is 0 Å². The second-order valence-electron chi connectivity index (χ2n) is 6.89. The van der Waals surface area contributed by atoms with Crippen LogP contribution >= 0.6 is 11.8 Å². The van der Waals surface area contributed by atoms with Crippen LogP contribution in [0.1, 0.15) is 29.9 Å². The van der Waals surface area contributed by atoms with E-state index in [4.69, 9.17) is 4.74 Å². The zero-order valence-electron chi connectivity index (χ0n) is 17.2. The molecule has 3 aromatic rings. The first kappa shape index (κ1) is 21.6. The molecule has 1 N–H and O–H groups in total. The zero-order valence-corrected chi connectivity index (χ0v) is 18.1. The van der Waals surface area contributed by atoms with E-state index in [0.29, 0.717) is 24.1 Å². The molecule has 0 saturated heterocycles. The number of rotatable bonds is 10. The number of thioether (sulfide) groups is 1. The lowest BCUT2D eigenvalue weighted by atomic mass is 10.1. The van der Waals surface area contributed by atoms with Crippen molar-refractivity contribution in [3.63, 3.8) is 0 Å². The van der Waals surface area contributed by atoms with Gasteiger partial charge in [0.2, 0.25) is 5.91 Å². The lowest BCUT2D eigenvalue weighted by Crippen LogP contribution is -2.28. The molecule has 1 amide bonds. The summed E-state index contributed by atoms with van der Waals surface area (Å²) in [6.45, 7) is 8.64. The molecule has 0 aliphatic rings. The molecule has 0 aliphatic heterocycles. The van der Waals surface area contributed by atoms with E-state index in [1.54, 1.807) is 6.08 Å². The first-order chi connectivity index (χ1) is 14.6. The monoisotopic (exact) mass is 422 g/mol. The van der Waals surface area contributed by atoms with E-state index >= 15 is 0 Å². The SMILES string of the molecule is C=CCn1c(COc2cccc(C)c2)nnc1SCC(=O)NC(C)c1ccccc1. The zero-order chi connectivity index (χ0) is 21.3. The number of aromatic nitrogens is 3. The summed E-state index contributed by atoms with van der Waals surface area (Å²) < 4.78 is 7.77. The van der Waals surface area contributed by atoms with Crippen LogP contribution in [-0.2, 0) is 17.9 Å². The van der Waals surface area contributed by atoms with Crippen molar-refractivity contribution >= 4 is 17.7 Å². The molecule has 6 nitrogen and oxygen atoms in total. The molecule has 0 radical (unpaired) electrons. The van der Waals surface area contributed by atoms with Gasteiger partial charge in [0.25, 0.3) is 0 Å². The number of hydrogen-bond acceptors (Lipinski definition) is 5. The van der Waals surface area contributed by atoms with Crippen LogP contribution in [0.4, 0.5) is 0 Å². The number of benzene rings is 2. The fraction of sp³-hybridized carbons (Fsp3) is 0.261. The molecule has 0 fully saturated rings. The Morgan fingerprint density at radius 1 is 1.23 bits per heavy atom. The largest absolute Gasteiger partial charge is 0.486 e. The van der Waals surface area contributed by atoms with Crippen LogP contribution < -0.4 is 10.1 Å². The van der Waals surface area contributed by atoms with Gasteiger partial charge in [-0.15, -0.1) is 16.8 Å². The van der Waals surface area contributed by atoms with E-state index in [1.807, 2.05) is 73.0 Å². The van der Waals surface area contributed by atoms with E-state index in [2.05, 4.69) is 22.1 Å². The summed E-state index contributed by atoms with van der Waals surface area (Å²) in [7, 11) is 0. The number of allylic oxidation sites excluding steroid dienone is 1. The molecular formula is C23H26N4O2S. The van der Waals surface area contributed by atoms with Crippen molar-refractivity contribution in [3.05, 3.63) is 84.2 Å². The molecule has 1 aromatic heterocycles. The predicted octanol–water partition coefficient (Wildman–Crippen LogP) is 4.32. The van der Waals surface area contributed by atoms with Crippen molar-refractivity contribution in [2.24, 2.45) is 0 Å². The number of amides is 1. The smallest absolute Gasteiger partial charge is 0.230 e. The van der Waals surface area contributed by atoms with Gasteiger partial charge in [-0.3, -0.25) is 9.36 Å². The Bertz CT molecular complexity index is 988. The second-order valence-corrected chi connectivity index (χ2v) is 7.83. The molecule has 1 unspecified atom stereocenters. The molecule has 7 heteroatoms. The van der Waals surface area contributed by atoms with Crippen LogP contribution in [0.3, 0.4) is 0 Å². The molecule has 2 aromatic carbocycles. The molecule has 156 valence electrons. The summed E-state index contributed by atoms with van der Waals surface area (Å²) in [5.74, 6) is 1.68. The Labute approximate surface area is 181 Å². The maximum Gasteiger partial charge on any atom is 0.230 e. The molecule has 1 atom stereocenters. The van der Waals surface area contributed by atoms with E-state index in [1.165, 1.54) is 11.8 Å². The molecule has 0 saturated carbocycles. The number of hydrogen-bond donors (Lipinski definition) is 1. The van der Waals surface area contributed by atoms with Crippen LogP contribution in [0.25, 0.3) is 0 Å². The second kappa shape index (κ2) is 10.6. The van der Waals surface area contributed by atoms with Gasteiger partial charge in [-0.25, -0.2) is 0 Å². The van der Waals surface area contributed by atoms with E-state index < -0.39 is 0 Å². The minimum atomic E-state index is -0.0536. The van der Waals surface area contributed by atoms with Crippen LogP contribution in [0.15, 0.2) is 72.4 Å². The first-order valence-electron chi connectivity index (χ1n) is 9.76. The fourth-order valence-electron chi connectivity index (χ4n) is 2.94. The first-order valence-corrected chi connectivity index (χ1v) is 10.7. The van der Waals surface area contributed by atoms with Gasteiger partial charge in [0.05, 0.1) is 11.8 Å². The average Bonchev–Trinajstić information content (AvgIpc) is 3.13. The average molecular weight is 423 g/mol. The topological polar surface area (TPSA) is 69.0 Å². The van der Waals surface area contributed by atoms with Crippen molar-refractivity contribution in [1.29, 1.82) is 0 Å². The van der Waals surface area contributed by atoms with Gasteiger partial charge < -0.3 is 10.1 Å². The third-order valence-corrected chi connectivity index (χ3v) is 5.44. The highest BCUT2D eigenvalue weighted by Gasteiger charge is 2.15. The van der Waals surface area contributed by atoms with Gasteiger partial charge >= 0.3 is 0 Å². The molecule has 0 aliphatic carbocycles. The highest BCUT2D eigenvalue weighted by atomic mass is 32.2. The molecule has 1 heterocycles. The van der Waals surface area contributed by atoms with Crippen LogP contribution in [-0.4, -0.2) is 26.4 Å². The van der Waals surface area contributed by atoms with Crippen molar-refractivity contribution in [2.75, 3.05) is 5.75 Å². The number of ether oxygens (including phenoxy) is 1. The highest BCUT2D eigenvalue weighted by molar-refractivity contribution is 7.99. The summed E-state index contributed by atoms with van der Waals surface area (Å²) in [6, 6.07) is 17.7. The maximum absolute atomic E-state index is 12.4.